The molecular weight excluding hydrogens is 528 g/mol. The van der Waals surface area contributed by atoms with Gasteiger partial charge in [0.15, 0.2) is 11.6 Å². The van der Waals surface area contributed by atoms with E-state index >= 15 is 0 Å². The number of benzene rings is 2. The number of carbonyl (C=O) groups excluding carboxylic acids is 2. The number of rotatable bonds is 9. The Kier molecular flexibility index (Phi) is 8.00. The Labute approximate surface area is 234 Å². The lowest BCUT2D eigenvalue weighted by Crippen LogP contribution is -2.32. The molecule has 0 spiro atoms. The lowest BCUT2D eigenvalue weighted by Gasteiger charge is -2.10. The third-order valence-corrected chi connectivity index (χ3v) is 6.62. The van der Waals surface area contributed by atoms with E-state index in [4.69, 9.17) is 0 Å². The molecule has 5 rings (SSSR count). The number of hydrogen-bond donors (Lipinski definition) is 3. The van der Waals surface area contributed by atoms with Gasteiger partial charge in [0.25, 0.3) is 17.4 Å². The van der Waals surface area contributed by atoms with Gasteiger partial charge in [-0.05, 0) is 59.5 Å². The van der Waals surface area contributed by atoms with Gasteiger partial charge >= 0.3 is 0 Å². The van der Waals surface area contributed by atoms with Gasteiger partial charge in [-0.1, -0.05) is 31.2 Å². The van der Waals surface area contributed by atoms with Crippen molar-refractivity contribution in [2.24, 2.45) is 0 Å². The molecule has 2 amide bonds. The maximum atomic E-state index is 13.6. The molecule has 0 atom stereocenters. The lowest BCUT2D eigenvalue weighted by atomic mass is 10.0. The van der Waals surface area contributed by atoms with Gasteiger partial charge in [0.05, 0.1) is 12.1 Å². The van der Waals surface area contributed by atoms with Gasteiger partial charge < -0.3 is 20.2 Å². The first-order valence-electron chi connectivity index (χ1n) is 13.1. The van der Waals surface area contributed by atoms with E-state index in [2.05, 4.69) is 20.6 Å². The Morgan fingerprint density at radius 1 is 0.951 bits per heavy atom. The highest BCUT2D eigenvalue weighted by Gasteiger charge is 2.15. The number of fused-ring (bicyclic) bond motifs is 1. The van der Waals surface area contributed by atoms with Crippen LogP contribution in [0.2, 0.25) is 0 Å². The van der Waals surface area contributed by atoms with Crippen molar-refractivity contribution in [3.8, 4) is 11.1 Å². The minimum absolute atomic E-state index is 0.0132. The zero-order chi connectivity index (χ0) is 28.9. The van der Waals surface area contributed by atoms with Crippen LogP contribution in [0.15, 0.2) is 84.0 Å². The van der Waals surface area contributed by atoms with Crippen LogP contribution in [0, 0.1) is 11.6 Å². The number of amides is 2. The number of nitrogens with one attached hydrogen (secondary N) is 3. The molecule has 0 aliphatic heterocycles. The van der Waals surface area contributed by atoms with E-state index in [0.717, 1.165) is 40.6 Å². The monoisotopic (exact) mass is 555 g/mol. The predicted molar refractivity (Wildman–Crippen MR) is 151 cm³/mol. The molecule has 3 N–H and O–H groups in total. The summed E-state index contributed by atoms with van der Waals surface area (Å²) in [5.74, 6) is -2.72. The second-order valence-electron chi connectivity index (χ2n) is 9.56. The van der Waals surface area contributed by atoms with Crippen LogP contribution in [-0.2, 0) is 13.1 Å². The first kappa shape index (κ1) is 27.4. The number of carbonyl (C=O) groups is 2. The molecule has 3 aromatic heterocycles. The fourth-order valence-electron chi connectivity index (χ4n) is 4.50. The highest BCUT2D eigenvalue weighted by atomic mass is 19.2. The van der Waals surface area contributed by atoms with Crippen molar-refractivity contribution < 1.29 is 18.4 Å². The van der Waals surface area contributed by atoms with Crippen LogP contribution in [0.3, 0.4) is 0 Å². The van der Waals surface area contributed by atoms with E-state index in [1.807, 2.05) is 37.4 Å². The van der Waals surface area contributed by atoms with Crippen LogP contribution in [-0.4, -0.2) is 32.9 Å². The number of aromatic nitrogens is 3. The molecule has 10 heteroatoms. The van der Waals surface area contributed by atoms with Crippen molar-refractivity contribution in [2.45, 2.75) is 26.4 Å². The average Bonchev–Trinajstić information content (AvgIpc) is 3.41. The maximum Gasteiger partial charge on any atom is 0.263 e. The Balaban J connectivity index is 1.31. The average molecular weight is 556 g/mol. The van der Waals surface area contributed by atoms with Gasteiger partial charge in [-0.2, -0.15) is 0 Å². The van der Waals surface area contributed by atoms with Crippen molar-refractivity contribution in [3.05, 3.63) is 123 Å². The summed E-state index contributed by atoms with van der Waals surface area (Å²) in [7, 11) is 0. The number of halogens is 2. The van der Waals surface area contributed by atoms with E-state index in [-0.39, 0.29) is 24.6 Å². The summed E-state index contributed by atoms with van der Waals surface area (Å²) in [5.41, 5.74) is 3.41. The smallest absolute Gasteiger partial charge is 0.263 e. The first-order chi connectivity index (χ1) is 19.8. The summed E-state index contributed by atoms with van der Waals surface area (Å²) < 4.78 is 28.1. The van der Waals surface area contributed by atoms with E-state index in [0.29, 0.717) is 23.3 Å². The van der Waals surface area contributed by atoms with Crippen LogP contribution >= 0.6 is 0 Å². The van der Waals surface area contributed by atoms with E-state index < -0.39 is 23.1 Å². The third-order valence-electron chi connectivity index (χ3n) is 6.62. The van der Waals surface area contributed by atoms with Crippen LogP contribution < -0.4 is 16.2 Å². The molecule has 8 nitrogen and oxygen atoms in total. The van der Waals surface area contributed by atoms with Gasteiger partial charge in [0, 0.05) is 42.6 Å². The molecular formula is C31H27F2N5O3. The highest BCUT2D eigenvalue weighted by Crippen LogP contribution is 2.29. The molecule has 0 aliphatic carbocycles. The van der Waals surface area contributed by atoms with Gasteiger partial charge in [0.1, 0.15) is 11.2 Å². The van der Waals surface area contributed by atoms with Gasteiger partial charge in [-0.25, -0.2) is 13.8 Å². The molecule has 0 aliphatic rings. The highest BCUT2D eigenvalue weighted by molar-refractivity contribution is 6.01. The van der Waals surface area contributed by atoms with E-state index in [9.17, 15) is 23.2 Å². The number of nitrogens with zero attached hydrogens (tertiary/aromatic N) is 2. The molecule has 5 aromatic rings. The molecule has 0 unspecified atom stereocenters. The van der Waals surface area contributed by atoms with Gasteiger partial charge in [0.2, 0.25) is 0 Å². The van der Waals surface area contributed by atoms with Gasteiger partial charge in [-0.15, -0.1) is 0 Å². The molecule has 2 aromatic carbocycles. The Morgan fingerprint density at radius 2 is 1.80 bits per heavy atom. The first-order valence-corrected chi connectivity index (χ1v) is 13.1. The minimum atomic E-state index is -1.01. The van der Waals surface area contributed by atoms with Crippen LogP contribution in [0.5, 0.6) is 0 Å². The molecule has 41 heavy (non-hydrogen) atoms. The minimum Gasteiger partial charge on any atom is -0.352 e. The Morgan fingerprint density at radius 3 is 2.61 bits per heavy atom. The topological polar surface area (TPSA) is 109 Å². The fourth-order valence-corrected chi connectivity index (χ4v) is 4.50. The van der Waals surface area contributed by atoms with Gasteiger partial charge in [-0.3, -0.25) is 14.4 Å². The van der Waals surface area contributed by atoms with Crippen molar-refractivity contribution in [3.63, 3.8) is 0 Å². The number of H-pyrrole nitrogens is 1. The molecule has 0 bridgehead atoms. The zero-order valence-corrected chi connectivity index (χ0v) is 22.2. The molecule has 0 saturated carbocycles. The summed E-state index contributed by atoms with van der Waals surface area (Å²) in [6.45, 7) is 2.71. The normalized spacial score (nSPS) is 11.0. The molecule has 0 radical (unpaired) electrons. The standard InChI is InChI=1S/C31H27F2N5O3/c1-2-10-34-29(39)22-14-24-25(17-36-28(24)35-16-22)21-6-3-5-19(12-21)15-37-30(40)23-7-4-11-38(31(23)41)18-20-8-9-26(32)27(33)13-20/h3-9,11-14,16-17H,2,10,15,18H2,1H3,(H,34,39)(H,35,36)(H,37,40). The molecule has 208 valence electrons. The maximum absolute atomic E-state index is 13.6. The summed E-state index contributed by atoms with van der Waals surface area (Å²) in [6.07, 6.45) is 5.67. The summed E-state index contributed by atoms with van der Waals surface area (Å²) >= 11 is 0. The zero-order valence-electron chi connectivity index (χ0n) is 22.2. The van der Waals surface area contributed by atoms with Crippen molar-refractivity contribution in [2.75, 3.05) is 6.54 Å². The Bertz CT molecular complexity index is 1810. The van der Waals surface area contributed by atoms with E-state index in [1.54, 1.807) is 12.1 Å². The second-order valence-corrected chi connectivity index (χ2v) is 9.56. The summed E-state index contributed by atoms with van der Waals surface area (Å²) in [5, 5.41) is 6.43. The SMILES string of the molecule is CCCNC(=O)c1cnc2[nH]cc(-c3cccc(CNC(=O)c4cccn(Cc5ccc(F)c(F)c5)c4=O)c3)c2c1. The lowest BCUT2D eigenvalue weighted by molar-refractivity contribution is 0.0942. The number of hydrogen-bond acceptors (Lipinski definition) is 4. The second kappa shape index (κ2) is 12.0. The van der Waals surface area contributed by atoms with Crippen molar-refractivity contribution in [1.29, 1.82) is 0 Å². The van der Waals surface area contributed by atoms with Crippen LogP contribution in [0.4, 0.5) is 8.78 Å². The third kappa shape index (κ3) is 6.06. The van der Waals surface area contributed by atoms with E-state index in [1.165, 1.54) is 29.1 Å². The number of aromatic amines is 1. The van der Waals surface area contributed by atoms with Crippen molar-refractivity contribution in [1.82, 2.24) is 25.2 Å². The molecule has 3 heterocycles. The van der Waals surface area contributed by atoms with Crippen LogP contribution in [0.1, 0.15) is 45.2 Å². The van der Waals surface area contributed by atoms with Crippen LogP contribution in [0.25, 0.3) is 22.2 Å². The van der Waals surface area contributed by atoms with Crippen molar-refractivity contribution >= 4 is 22.8 Å². The summed E-state index contributed by atoms with van der Waals surface area (Å²) in [4.78, 5) is 45.8. The largest absolute Gasteiger partial charge is 0.352 e. The molecule has 0 saturated heterocycles. The molecule has 0 fully saturated rings. The fraction of sp³-hybridized carbons (Fsp3) is 0.161. The summed E-state index contributed by atoms with van der Waals surface area (Å²) in [6, 6.07) is 15.7. The predicted octanol–water partition coefficient (Wildman–Crippen LogP) is 4.79. The number of pyridine rings is 2. The Hall–Kier alpha value is -5.12. The quantitative estimate of drug-likeness (QED) is 0.243.